The van der Waals surface area contributed by atoms with Crippen LogP contribution in [0, 0.1) is 0 Å². The molecule has 0 radical (unpaired) electrons. The molecule has 18 heavy (non-hydrogen) atoms. The van der Waals surface area contributed by atoms with Crippen LogP contribution in [0.2, 0.25) is 0 Å². The Balaban J connectivity index is 2.25. The molecule has 1 atom stereocenters. The summed E-state index contributed by atoms with van der Waals surface area (Å²) >= 11 is 0. The largest absolute Gasteiger partial charge is 0.478 e. The third kappa shape index (κ3) is 2.48. The van der Waals surface area contributed by atoms with Crippen molar-refractivity contribution < 1.29 is 19.4 Å². The molecular weight excluding hydrogens is 236 g/mol. The minimum absolute atomic E-state index is 0.0298. The highest BCUT2D eigenvalue weighted by Crippen LogP contribution is 2.13. The molecule has 0 aliphatic carbocycles. The summed E-state index contributed by atoms with van der Waals surface area (Å²) in [6, 6.07) is 1.44. The van der Waals surface area contributed by atoms with Crippen molar-refractivity contribution in [2.45, 2.75) is 13.0 Å². The van der Waals surface area contributed by atoms with Crippen molar-refractivity contribution in [1.29, 1.82) is 0 Å². The second-order valence-electron chi connectivity index (χ2n) is 4.16. The molecule has 1 unspecified atom stereocenters. The third-order valence-electron chi connectivity index (χ3n) is 2.81. The van der Waals surface area contributed by atoms with E-state index in [1.165, 1.54) is 18.5 Å². The second-order valence-corrected chi connectivity index (χ2v) is 4.16. The molecule has 1 aliphatic heterocycles. The summed E-state index contributed by atoms with van der Waals surface area (Å²) in [4.78, 5) is 28.6. The van der Waals surface area contributed by atoms with E-state index < -0.39 is 5.97 Å². The maximum absolute atomic E-state index is 12.2. The third-order valence-corrected chi connectivity index (χ3v) is 2.81. The Morgan fingerprint density at radius 3 is 2.94 bits per heavy atom. The Kier molecular flexibility index (Phi) is 3.57. The number of amides is 1. The summed E-state index contributed by atoms with van der Waals surface area (Å²) in [7, 11) is 0. The van der Waals surface area contributed by atoms with Gasteiger partial charge in [0, 0.05) is 25.5 Å². The normalized spacial score (nSPS) is 19.6. The Labute approximate surface area is 104 Å². The summed E-state index contributed by atoms with van der Waals surface area (Å²) in [6.07, 6.45) is 2.58. The van der Waals surface area contributed by atoms with Gasteiger partial charge in [-0.05, 0) is 13.0 Å². The Hall–Kier alpha value is -1.95. The van der Waals surface area contributed by atoms with Crippen LogP contribution in [-0.2, 0) is 4.74 Å². The van der Waals surface area contributed by atoms with Gasteiger partial charge < -0.3 is 14.7 Å². The van der Waals surface area contributed by atoms with Crippen molar-refractivity contribution in [2.75, 3.05) is 19.7 Å². The van der Waals surface area contributed by atoms with Gasteiger partial charge in [0.25, 0.3) is 5.91 Å². The minimum atomic E-state index is -1.15. The number of carboxylic acid groups (broad SMARTS) is 1. The Morgan fingerprint density at radius 2 is 2.28 bits per heavy atom. The first kappa shape index (κ1) is 12.5. The lowest BCUT2D eigenvalue weighted by Gasteiger charge is -2.31. The van der Waals surface area contributed by atoms with Crippen LogP contribution in [0.5, 0.6) is 0 Å². The van der Waals surface area contributed by atoms with Gasteiger partial charge in [0.1, 0.15) is 0 Å². The van der Waals surface area contributed by atoms with Gasteiger partial charge >= 0.3 is 5.97 Å². The summed E-state index contributed by atoms with van der Waals surface area (Å²) in [6.45, 7) is 3.30. The summed E-state index contributed by atoms with van der Waals surface area (Å²) in [5, 5.41) is 9.03. The van der Waals surface area contributed by atoms with E-state index in [2.05, 4.69) is 4.98 Å². The summed E-state index contributed by atoms with van der Waals surface area (Å²) in [5.74, 6) is -1.43. The standard InChI is InChI=1S/C12H14N2O4/c1-8-7-14(4-5-18-8)11(15)9-2-3-13-6-10(9)12(16)17/h2-3,6,8H,4-5,7H2,1H3,(H,16,17). The molecule has 0 bridgehead atoms. The minimum Gasteiger partial charge on any atom is -0.478 e. The van der Waals surface area contributed by atoms with Crippen molar-refractivity contribution in [2.24, 2.45) is 0 Å². The quantitative estimate of drug-likeness (QED) is 0.833. The number of hydrogen-bond donors (Lipinski definition) is 1. The van der Waals surface area contributed by atoms with Gasteiger partial charge in [-0.2, -0.15) is 0 Å². The highest BCUT2D eigenvalue weighted by atomic mass is 16.5. The van der Waals surface area contributed by atoms with Crippen LogP contribution in [0.15, 0.2) is 18.5 Å². The van der Waals surface area contributed by atoms with Crippen molar-refractivity contribution in [3.63, 3.8) is 0 Å². The van der Waals surface area contributed by atoms with Crippen molar-refractivity contribution in [3.8, 4) is 0 Å². The SMILES string of the molecule is CC1CN(C(=O)c2ccncc2C(=O)O)CCO1. The lowest BCUT2D eigenvalue weighted by atomic mass is 10.1. The van der Waals surface area contributed by atoms with Crippen LogP contribution in [0.4, 0.5) is 0 Å². The number of carbonyl (C=O) groups is 2. The highest BCUT2D eigenvalue weighted by molar-refractivity contribution is 6.04. The van der Waals surface area contributed by atoms with E-state index in [1.54, 1.807) is 4.90 Å². The lowest BCUT2D eigenvalue weighted by molar-refractivity contribution is -0.0124. The average Bonchev–Trinajstić information content (AvgIpc) is 2.38. The molecule has 6 nitrogen and oxygen atoms in total. The first-order valence-electron chi connectivity index (χ1n) is 5.67. The number of morpholine rings is 1. The van der Waals surface area contributed by atoms with E-state index in [0.717, 1.165) is 0 Å². The number of carboxylic acids is 1. The zero-order valence-corrected chi connectivity index (χ0v) is 10.00. The van der Waals surface area contributed by atoms with E-state index >= 15 is 0 Å². The van der Waals surface area contributed by atoms with Gasteiger partial charge in [0.05, 0.1) is 23.8 Å². The maximum atomic E-state index is 12.2. The number of carbonyl (C=O) groups excluding carboxylic acids is 1. The fourth-order valence-electron chi connectivity index (χ4n) is 1.92. The summed E-state index contributed by atoms with van der Waals surface area (Å²) < 4.78 is 5.35. The fourth-order valence-corrected chi connectivity index (χ4v) is 1.92. The van der Waals surface area contributed by atoms with E-state index in [0.29, 0.717) is 19.7 Å². The average molecular weight is 250 g/mol. The van der Waals surface area contributed by atoms with Gasteiger partial charge in [-0.25, -0.2) is 4.79 Å². The molecule has 0 saturated carbocycles. The summed E-state index contributed by atoms with van der Waals surface area (Å²) in [5.41, 5.74) is 0.105. The van der Waals surface area contributed by atoms with E-state index in [-0.39, 0.29) is 23.1 Å². The van der Waals surface area contributed by atoms with Crippen molar-refractivity contribution in [1.82, 2.24) is 9.88 Å². The number of nitrogens with zero attached hydrogens (tertiary/aromatic N) is 2. The van der Waals surface area contributed by atoms with E-state index in [4.69, 9.17) is 9.84 Å². The molecule has 1 amide bonds. The molecule has 1 aromatic heterocycles. The topological polar surface area (TPSA) is 79.7 Å². The smallest absolute Gasteiger partial charge is 0.338 e. The number of ether oxygens (including phenoxy) is 1. The van der Waals surface area contributed by atoms with E-state index in [9.17, 15) is 9.59 Å². The zero-order chi connectivity index (χ0) is 13.1. The van der Waals surface area contributed by atoms with Crippen molar-refractivity contribution in [3.05, 3.63) is 29.6 Å². The molecule has 96 valence electrons. The molecule has 1 fully saturated rings. The molecule has 1 aliphatic rings. The number of hydrogen-bond acceptors (Lipinski definition) is 4. The highest BCUT2D eigenvalue weighted by Gasteiger charge is 2.25. The molecule has 1 N–H and O–H groups in total. The predicted octanol–water partition coefficient (Wildman–Crippen LogP) is 0.641. The Morgan fingerprint density at radius 1 is 1.50 bits per heavy atom. The number of rotatable bonds is 2. The van der Waals surface area contributed by atoms with Crippen LogP contribution >= 0.6 is 0 Å². The van der Waals surface area contributed by atoms with Crippen LogP contribution in [-0.4, -0.2) is 52.7 Å². The van der Waals surface area contributed by atoms with Gasteiger partial charge in [-0.1, -0.05) is 0 Å². The predicted molar refractivity (Wildman–Crippen MR) is 62.5 cm³/mol. The maximum Gasteiger partial charge on any atom is 0.338 e. The van der Waals surface area contributed by atoms with Gasteiger partial charge in [0.15, 0.2) is 0 Å². The fraction of sp³-hybridized carbons (Fsp3) is 0.417. The zero-order valence-electron chi connectivity index (χ0n) is 10.00. The number of aromatic carboxylic acids is 1. The molecule has 6 heteroatoms. The Bertz CT molecular complexity index is 475. The molecule has 2 heterocycles. The van der Waals surface area contributed by atoms with Crippen LogP contribution in [0.1, 0.15) is 27.6 Å². The number of pyridine rings is 1. The molecule has 0 aromatic carbocycles. The van der Waals surface area contributed by atoms with Crippen LogP contribution in [0.25, 0.3) is 0 Å². The van der Waals surface area contributed by atoms with Crippen LogP contribution in [0.3, 0.4) is 0 Å². The second kappa shape index (κ2) is 5.14. The first-order chi connectivity index (χ1) is 8.59. The molecule has 1 saturated heterocycles. The van der Waals surface area contributed by atoms with E-state index in [1.807, 2.05) is 6.92 Å². The van der Waals surface area contributed by atoms with Crippen molar-refractivity contribution >= 4 is 11.9 Å². The lowest BCUT2D eigenvalue weighted by Crippen LogP contribution is -2.44. The molecule has 0 spiro atoms. The number of aromatic nitrogens is 1. The molecule has 2 rings (SSSR count). The molecular formula is C12H14N2O4. The van der Waals surface area contributed by atoms with Gasteiger partial charge in [-0.15, -0.1) is 0 Å². The van der Waals surface area contributed by atoms with Crippen LogP contribution < -0.4 is 0 Å². The molecule has 1 aromatic rings. The van der Waals surface area contributed by atoms with Gasteiger partial charge in [0.2, 0.25) is 0 Å². The first-order valence-corrected chi connectivity index (χ1v) is 5.67. The monoisotopic (exact) mass is 250 g/mol. The van der Waals surface area contributed by atoms with Gasteiger partial charge in [-0.3, -0.25) is 9.78 Å².